The van der Waals surface area contributed by atoms with Gasteiger partial charge in [-0.25, -0.2) is 0 Å². The normalized spacial score (nSPS) is 10.5. The van der Waals surface area contributed by atoms with E-state index in [1.165, 1.54) is 0 Å². The fraction of sp³-hybridized carbons (Fsp3) is 0.238. The lowest BCUT2D eigenvalue weighted by molar-refractivity contribution is -0.121. The lowest BCUT2D eigenvalue weighted by atomic mass is 10.1. The van der Waals surface area contributed by atoms with Gasteiger partial charge in [-0.3, -0.25) is 9.48 Å². The molecule has 26 heavy (non-hydrogen) atoms. The first-order valence-electron chi connectivity index (χ1n) is 8.68. The van der Waals surface area contributed by atoms with E-state index in [1.807, 2.05) is 59.4 Å². The molecule has 0 aliphatic carbocycles. The zero-order valence-electron chi connectivity index (χ0n) is 14.9. The number of carbonyl (C=O) groups excluding carboxylic acids is 1. The highest BCUT2D eigenvalue weighted by Crippen LogP contribution is 2.14. The van der Waals surface area contributed by atoms with Gasteiger partial charge in [0.1, 0.15) is 5.75 Å². The highest BCUT2D eigenvalue weighted by atomic mass is 16.5. The molecule has 0 aliphatic rings. The smallest absolute Gasteiger partial charge is 0.220 e. The van der Waals surface area contributed by atoms with E-state index in [-0.39, 0.29) is 5.91 Å². The summed E-state index contributed by atoms with van der Waals surface area (Å²) in [5, 5.41) is 7.26. The van der Waals surface area contributed by atoms with Gasteiger partial charge in [-0.1, -0.05) is 36.4 Å². The van der Waals surface area contributed by atoms with Crippen molar-refractivity contribution in [2.75, 3.05) is 7.11 Å². The van der Waals surface area contributed by atoms with E-state index in [1.54, 1.807) is 13.3 Å². The minimum atomic E-state index is 0.0433. The average Bonchev–Trinajstić information content (AvgIpc) is 3.19. The van der Waals surface area contributed by atoms with Crippen molar-refractivity contribution in [2.45, 2.75) is 25.9 Å². The Bertz CT molecular complexity index is 844. The summed E-state index contributed by atoms with van der Waals surface area (Å²) in [7, 11) is 1.65. The molecule has 0 atom stereocenters. The Morgan fingerprint density at radius 2 is 1.96 bits per heavy atom. The van der Waals surface area contributed by atoms with Gasteiger partial charge >= 0.3 is 0 Å². The van der Waals surface area contributed by atoms with Gasteiger partial charge < -0.3 is 10.1 Å². The molecule has 2 aromatic carbocycles. The molecular formula is C21H23N3O2. The maximum absolute atomic E-state index is 12.2. The Morgan fingerprint density at radius 1 is 1.12 bits per heavy atom. The SMILES string of the molecule is COc1cccc(CCC(=O)NCc2ccccc2Cn2cccn2)c1. The molecule has 1 aromatic heterocycles. The van der Waals surface area contributed by atoms with Crippen molar-refractivity contribution in [3.63, 3.8) is 0 Å². The molecule has 134 valence electrons. The molecule has 0 unspecified atom stereocenters. The van der Waals surface area contributed by atoms with E-state index < -0.39 is 0 Å². The number of hydrogen-bond acceptors (Lipinski definition) is 3. The third-order valence-corrected chi connectivity index (χ3v) is 4.26. The maximum atomic E-state index is 12.2. The fourth-order valence-corrected chi connectivity index (χ4v) is 2.82. The first-order valence-corrected chi connectivity index (χ1v) is 8.68. The second-order valence-corrected chi connectivity index (χ2v) is 6.10. The van der Waals surface area contributed by atoms with Gasteiger partial charge in [0, 0.05) is 25.4 Å². The van der Waals surface area contributed by atoms with Crippen molar-refractivity contribution in [3.8, 4) is 5.75 Å². The predicted octanol–water partition coefficient (Wildman–Crippen LogP) is 3.19. The van der Waals surface area contributed by atoms with Crippen LogP contribution in [0.4, 0.5) is 0 Å². The summed E-state index contributed by atoms with van der Waals surface area (Å²) < 4.78 is 7.09. The van der Waals surface area contributed by atoms with E-state index in [9.17, 15) is 4.79 Å². The molecule has 0 saturated heterocycles. The summed E-state index contributed by atoms with van der Waals surface area (Å²) in [4.78, 5) is 12.2. The van der Waals surface area contributed by atoms with Crippen LogP contribution < -0.4 is 10.1 Å². The molecule has 5 nitrogen and oxygen atoms in total. The van der Waals surface area contributed by atoms with Crippen molar-refractivity contribution in [3.05, 3.63) is 83.7 Å². The van der Waals surface area contributed by atoms with Crippen LogP contribution in [0.15, 0.2) is 67.0 Å². The van der Waals surface area contributed by atoms with Gasteiger partial charge in [-0.05, 0) is 41.3 Å². The van der Waals surface area contributed by atoms with Crippen LogP contribution in [0.3, 0.4) is 0 Å². The van der Waals surface area contributed by atoms with Crippen LogP contribution in [0, 0.1) is 0 Å². The highest BCUT2D eigenvalue weighted by molar-refractivity contribution is 5.76. The Balaban J connectivity index is 1.53. The van der Waals surface area contributed by atoms with Crippen molar-refractivity contribution in [1.82, 2.24) is 15.1 Å². The lowest BCUT2D eigenvalue weighted by Crippen LogP contribution is -2.23. The number of aryl methyl sites for hydroxylation is 1. The number of ether oxygens (including phenoxy) is 1. The number of nitrogens with zero attached hydrogens (tertiary/aromatic N) is 2. The topological polar surface area (TPSA) is 56.1 Å². The molecule has 1 heterocycles. The Morgan fingerprint density at radius 3 is 2.73 bits per heavy atom. The fourth-order valence-electron chi connectivity index (χ4n) is 2.82. The van der Waals surface area contributed by atoms with Crippen LogP contribution in [0.1, 0.15) is 23.1 Å². The average molecular weight is 349 g/mol. The standard InChI is InChI=1S/C21H23N3O2/c1-26-20-9-4-6-17(14-20)10-11-21(25)22-15-18-7-2-3-8-19(18)16-24-13-5-12-23-24/h2-9,12-14H,10-11,15-16H2,1H3,(H,22,25). The minimum absolute atomic E-state index is 0.0433. The van der Waals surface area contributed by atoms with Gasteiger partial charge in [0.05, 0.1) is 13.7 Å². The van der Waals surface area contributed by atoms with Gasteiger partial charge in [-0.15, -0.1) is 0 Å². The van der Waals surface area contributed by atoms with E-state index in [4.69, 9.17) is 4.74 Å². The number of nitrogens with one attached hydrogen (secondary N) is 1. The van der Waals surface area contributed by atoms with Crippen LogP contribution >= 0.6 is 0 Å². The number of methoxy groups -OCH3 is 1. The summed E-state index contributed by atoms with van der Waals surface area (Å²) in [6.45, 7) is 1.22. The van der Waals surface area contributed by atoms with Crippen LogP contribution in [0.2, 0.25) is 0 Å². The van der Waals surface area contributed by atoms with Crippen LogP contribution in [-0.4, -0.2) is 22.8 Å². The van der Waals surface area contributed by atoms with Crippen LogP contribution in [0.25, 0.3) is 0 Å². The van der Waals surface area contributed by atoms with Gasteiger partial charge in [-0.2, -0.15) is 5.10 Å². The first-order chi connectivity index (χ1) is 12.7. The van der Waals surface area contributed by atoms with Crippen molar-refractivity contribution in [2.24, 2.45) is 0 Å². The summed E-state index contributed by atoms with van der Waals surface area (Å²) in [6.07, 6.45) is 4.85. The number of carbonyl (C=O) groups is 1. The van der Waals surface area contributed by atoms with Crippen LogP contribution in [-0.2, 0) is 24.3 Å². The van der Waals surface area contributed by atoms with E-state index in [2.05, 4.69) is 16.5 Å². The zero-order valence-corrected chi connectivity index (χ0v) is 14.9. The molecule has 3 rings (SSSR count). The van der Waals surface area contributed by atoms with Gasteiger partial charge in [0.2, 0.25) is 5.91 Å². The molecule has 0 saturated carbocycles. The molecule has 0 bridgehead atoms. The largest absolute Gasteiger partial charge is 0.497 e. The zero-order chi connectivity index (χ0) is 18.2. The summed E-state index contributed by atoms with van der Waals surface area (Å²) in [5.41, 5.74) is 3.36. The van der Waals surface area contributed by atoms with Crippen LogP contribution in [0.5, 0.6) is 5.75 Å². The number of aromatic nitrogens is 2. The summed E-state index contributed by atoms with van der Waals surface area (Å²) in [5.74, 6) is 0.858. The molecule has 0 fully saturated rings. The monoisotopic (exact) mass is 349 g/mol. The second kappa shape index (κ2) is 8.85. The number of rotatable bonds is 8. The number of amides is 1. The Kier molecular flexibility index (Phi) is 6.04. The predicted molar refractivity (Wildman–Crippen MR) is 101 cm³/mol. The third-order valence-electron chi connectivity index (χ3n) is 4.26. The van der Waals surface area contributed by atoms with Crippen molar-refractivity contribution in [1.29, 1.82) is 0 Å². The van der Waals surface area contributed by atoms with Crippen molar-refractivity contribution >= 4 is 5.91 Å². The molecule has 0 aliphatic heterocycles. The highest BCUT2D eigenvalue weighted by Gasteiger charge is 2.07. The quantitative estimate of drug-likeness (QED) is 0.679. The lowest BCUT2D eigenvalue weighted by Gasteiger charge is -2.11. The Labute approximate surface area is 153 Å². The maximum Gasteiger partial charge on any atom is 0.220 e. The minimum Gasteiger partial charge on any atom is -0.497 e. The van der Waals surface area contributed by atoms with Gasteiger partial charge in [0.15, 0.2) is 0 Å². The number of hydrogen-bond donors (Lipinski definition) is 1. The molecule has 1 amide bonds. The molecule has 5 heteroatoms. The Hall–Kier alpha value is -3.08. The van der Waals surface area contributed by atoms with Gasteiger partial charge in [0.25, 0.3) is 0 Å². The molecule has 0 spiro atoms. The second-order valence-electron chi connectivity index (χ2n) is 6.10. The molecule has 0 radical (unpaired) electrons. The number of benzene rings is 2. The van der Waals surface area contributed by atoms with E-state index >= 15 is 0 Å². The molecule has 3 aromatic rings. The van der Waals surface area contributed by atoms with E-state index in [0.29, 0.717) is 25.9 Å². The first kappa shape index (κ1) is 17.7. The summed E-state index contributed by atoms with van der Waals surface area (Å²) >= 11 is 0. The third kappa shape index (κ3) is 4.96. The van der Waals surface area contributed by atoms with Crippen molar-refractivity contribution < 1.29 is 9.53 Å². The van der Waals surface area contributed by atoms with E-state index in [0.717, 1.165) is 22.4 Å². The molecule has 1 N–H and O–H groups in total. The summed E-state index contributed by atoms with van der Waals surface area (Å²) in [6, 6.07) is 17.8. The molecular weight excluding hydrogens is 326 g/mol.